The molecule has 1 amide bonds. The topological polar surface area (TPSA) is 92.7 Å². The van der Waals surface area contributed by atoms with Crippen LogP contribution >= 0.6 is 0 Å². The van der Waals surface area contributed by atoms with Gasteiger partial charge in [-0.3, -0.25) is 9.59 Å². The molecule has 0 bridgehead atoms. The maximum atomic E-state index is 12.7. The number of esters is 1. The first-order valence-corrected chi connectivity index (χ1v) is 7.42. The van der Waals surface area contributed by atoms with Gasteiger partial charge in [-0.15, -0.1) is 0 Å². The molecule has 138 valence electrons. The quantitative estimate of drug-likeness (QED) is 0.728. The highest BCUT2D eigenvalue weighted by Gasteiger charge is 2.32. The Kier molecular flexibility index (Phi) is 6.96. The van der Waals surface area contributed by atoms with Crippen LogP contribution in [-0.2, 0) is 20.5 Å². The van der Waals surface area contributed by atoms with Crippen molar-refractivity contribution in [3.05, 3.63) is 35.4 Å². The number of benzene rings is 1. The zero-order valence-corrected chi connectivity index (χ0v) is 13.6. The van der Waals surface area contributed by atoms with Gasteiger partial charge in [-0.2, -0.15) is 13.2 Å². The summed E-state index contributed by atoms with van der Waals surface area (Å²) in [5.74, 6) is -3.83. The molecule has 1 aromatic rings. The number of ether oxygens (including phenoxy) is 1. The molecule has 0 saturated carbocycles. The Balaban J connectivity index is 2.90. The number of carbonyl (C=O) groups is 3. The molecule has 1 rings (SSSR count). The van der Waals surface area contributed by atoms with Crippen molar-refractivity contribution >= 4 is 17.8 Å². The van der Waals surface area contributed by atoms with E-state index in [4.69, 9.17) is 4.74 Å². The second-order valence-electron chi connectivity index (χ2n) is 5.35. The highest BCUT2D eigenvalue weighted by Crippen LogP contribution is 2.29. The first kappa shape index (κ1) is 20.5. The summed E-state index contributed by atoms with van der Waals surface area (Å²) in [5.41, 5.74) is -1.35. The molecule has 0 aliphatic heterocycles. The summed E-state index contributed by atoms with van der Waals surface area (Å²) in [6.45, 7) is 3.13. The van der Waals surface area contributed by atoms with Crippen molar-refractivity contribution in [2.24, 2.45) is 5.92 Å². The SMILES string of the molecule is CCOC(=O)C[C@H](C)[C@H](NC(=O)c1cccc(C(F)(F)F)c1)C(=O)O. The summed E-state index contributed by atoms with van der Waals surface area (Å²) in [5, 5.41) is 11.4. The van der Waals surface area contributed by atoms with Gasteiger partial charge in [0, 0.05) is 5.56 Å². The van der Waals surface area contributed by atoms with Crippen molar-refractivity contribution in [3.8, 4) is 0 Å². The normalized spacial score (nSPS) is 13.6. The fraction of sp³-hybridized carbons (Fsp3) is 0.438. The highest BCUT2D eigenvalue weighted by molar-refractivity contribution is 5.96. The van der Waals surface area contributed by atoms with Gasteiger partial charge in [0.05, 0.1) is 18.6 Å². The van der Waals surface area contributed by atoms with E-state index in [1.165, 1.54) is 6.92 Å². The van der Waals surface area contributed by atoms with Crippen LogP contribution < -0.4 is 5.32 Å². The van der Waals surface area contributed by atoms with Gasteiger partial charge >= 0.3 is 18.1 Å². The predicted octanol–water partition coefficient (Wildman–Crippen LogP) is 2.48. The van der Waals surface area contributed by atoms with E-state index in [2.05, 4.69) is 5.32 Å². The zero-order chi connectivity index (χ0) is 19.2. The van der Waals surface area contributed by atoms with Crippen LogP contribution in [0.15, 0.2) is 24.3 Å². The summed E-state index contributed by atoms with van der Waals surface area (Å²) in [4.78, 5) is 34.9. The van der Waals surface area contributed by atoms with Crippen molar-refractivity contribution < 1.29 is 37.4 Å². The molecule has 0 heterocycles. The maximum Gasteiger partial charge on any atom is 0.416 e. The number of alkyl halides is 3. The Morgan fingerprint density at radius 2 is 1.92 bits per heavy atom. The van der Waals surface area contributed by atoms with Crippen molar-refractivity contribution in [1.82, 2.24) is 5.32 Å². The van der Waals surface area contributed by atoms with Crippen molar-refractivity contribution in [2.45, 2.75) is 32.5 Å². The van der Waals surface area contributed by atoms with Gasteiger partial charge in [0.2, 0.25) is 0 Å². The lowest BCUT2D eigenvalue weighted by atomic mass is 9.97. The molecular formula is C16H18F3NO5. The number of rotatable bonds is 7. The molecule has 0 aromatic heterocycles. The fourth-order valence-corrected chi connectivity index (χ4v) is 2.11. The van der Waals surface area contributed by atoms with E-state index in [9.17, 15) is 32.7 Å². The van der Waals surface area contributed by atoms with Gasteiger partial charge < -0.3 is 15.2 Å². The van der Waals surface area contributed by atoms with Gasteiger partial charge in [0.15, 0.2) is 0 Å². The average Bonchev–Trinajstić information content (AvgIpc) is 2.51. The summed E-state index contributed by atoms with van der Waals surface area (Å²) >= 11 is 0. The minimum absolute atomic E-state index is 0.125. The summed E-state index contributed by atoms with van der Waals surface area (Å²) in [6, 6.07) is 2.17. The molecule has 0 fully saturated rings. The summed E-state index contributed by atoms with van der Waals surface area (Å²) in [7, 11) is 0. The van der Waals surface area contributed by atoms with Gasteiger partial charge in [-0.05, 0) is 31.0 Å². The van der Waals surface area contributed by atoms with Crippen LogP contribution in [0.5, 0.6) is 0 Å². The molecule has 0 radical (unpaired) electrons. The molecule has 25 heavy (non-hydrogen) atoms. The number of nitrogens with one attached hydrogen (secondary N) is 1. The third-order valence-corrected chi connectivity index (χ3v) is 3.37. The van der Waals surface area contributed by atoms with Crippen LogP contribution in [0.2, 0.25) is 0 Å². The summed E-state index contributed by atoms with van der Waals surface area (Å²) < 4.78 is 42.8. The van der Waals surface area contributed by atoms with Gasteiger partial charge in [0.1, 0.15) is 6.04 Å². The molecule has 2 N–H and O–H groups in total. The van der Waals surface area contributed by atoms with Gasteiger partial charge in [-0.1, -0.05) is 13.0 Å². The van der Waals surface area contributed by atoms with E-state index >= 15 is 0 Å². The van der Waals surface area contributed by atoms with Crippen LogP contribution in [0.3, 0.4) is 0 Å². The van der Waals surface area contributed by atoms with Crippen molar-refractivity contribution in [3.63, 3.8) is 0 Å². The number of aliphatic carboxylic acids is 1. The third-order valence-electron chi connectivity index (χ3n) is 3.37. The Bertz CT molecular complexity index is 645. The second-order valence-corrected chi connectivity index (χ2v) is 5.35. The lowest BCUT2D eigenvalue weighted by molar-refractivity contribution is -0.146. The van der Waals surface area contributed by atoms with Crippen LogP contribution in [0.1, 0.15) is 36.2 Å². The van der Waals surface area contributed by atoms with E-state index in [-0.39, 0.29) is 18.6 Å². The van der Waals surface area contributed by atoms with Gasteiger partial charge in [0.25, 0.3) is 5.91 Å². The van der Waals surface area contributed by atoms with Crippen molar-refractivity contribution in [1.29, 1.82) is 0 Å². The smallest absolute Gasteiger partial charge is 0.416 e. The number of amides is 1. The maximum absolute atomic E-state index is 12.7. The number of carboxylic acids is 1. The van der Waals surface area contributed by atoms with Gasteiger partial charge in [-0.25, -0.2) is 4.79 Å². The fourth-order valence-electron chi connectivity index (χ4n) is 2.11. The Hall–Kier alpha value is -2.58. The van der Waals surface area contributed by atoms with E-state index in [1.54, 1.807) is 6.92 Å². The van der Waals surface area contributed by atoms with E-state index in [1.807, 2.05) is 0 Å². The number of carbonyl (C=O) groups excluding carboxylic acids is 2. The van der Waals surface area contributed by atoms with E-state index in [0.29, 0.717) is 6.07 Å². The first-order valence-electron chi connectivity index (χ1n) is 7.42. The van der Waals surface area contributed by atoms with Crippen LogP contribution in [0, 0.1) is 5.92 Å². The molecule has 0 spiro atoms. The molecule has 0 aliphatic rings. The Labute approximate surface area is 142 Å². The number of carboxylic acid groups (broad SMARTS) is 1. The summed E-state index contributed by atoms with van der Waals surface area (Å²) in [6.07, 6.45) is -4.88. The Morgan fingerprint density at radius 3 is 2.44 bits per heavy atom. The molecule has 1 aromatic carbocycles. The molecule has 0 saturated heterocycles. The highest BCUT2D eigenvalue weighted by atomic mass is 19.4. The van der Waals surface area contributed by atoms with Crippen LogP contribution in [0.4, 0.5) is 13.2 Å². The monoisotopic (exact) mass is 361 g/mol. The van der Waals surface area contributed by atoms with E-state index < -0.39 is 41.5 Å². The number of hydrogen-bond donors (Lipinski definition) is 2. The Morgan fingerprint density at radius 1 is 1.28 bits per heavy atom. The molecule has 0 aliphatic carbocycles. The minimum Gasteiger partial charge on any atom is -0.480 e. The standard InChI is InChI=1S/C16H18F3NO5/c1-3-25-12(21)7-9(2)13(15(23)24)20-14(22)10-5-4-6-11(8-10)16(17,18)19/h4-6,8-9,13H,3,7H2,1-2H3,(H,20,22)(H,23,24)/t9-,13-/m0/s1. The number of halogens is 3. The molecule has 2 atom stereocenters. The molecule has 0 unspecified atom stereocenters. The lowest BCUT2D eigenvalue weighted by Gasteiger charge is -2.21. The molecular weight excluding hydrogens is 343 g/mol. The van der Waals surface area contributed by atoms with Crippen LogP contribution in [0.25, 0.3) is 0 Å². The predicted molar refractivity (Wildman–Crippen MR) is 80.7 cm³/mol. The third kappa shape index (κ3) is 6.09. The van der Waals surface area contributed by atoms with Crippen molar-refractivity contribution in [2.75, 3.05) is 6.61 Å². The largest absolute Gasteiger partial charge is 0.480 e. The molecule has 9 heteroatoms. The lowest BCUT2D eigenvalue weighted by Crippen LogP contribution is -2.45. The molecule has 6 nitrogen and oxygen atoms in total. The minimum atomic E-state index is -4.63. The number of hydrogen-bond acceptors (Lipinski definition) is 4. The average molecular weight is 361 g/mol. The van der Waals surface area contributed by atoms with E-state index in [0.717, 1.165) is 18.2 Å². The zero-order valence-electron chi connectivity index (χ0n) is 13.6. The van der Waals surface area contributed by atoms with Crippen LogP contribution in [-0.4, -0.2) is 35.6 Å². The second kappa shape index (κ2) is 8.50. The first-order chi connectivity index (χ1) is 11.6.